The van der Waals surface area contributed by atoms with E-state index in [2.05, 4.69) is 42.8 Å². The lowest BCUT2D eigenvalue weighted by atomic mass is 9.98. The van der Waals surface area contributed by atoms with Crippen molar-refractivity contribution in [3.63, 3.8) is 0 Å². The lowest BCUT2D eigenvalue weighted by Gasteiger charge is -2.12. The van der Waals surface area contributed by atoms with Gasteiger partial charge in [-0.15, -0.1) is 0 Å². The topological polar surface area (TPSA) is 26.3 Å². The van der Waals surface area contributed by atoms with Crippen LogP contribution in [0, 0.1) is 6.92 Å². The molecule has 0 aromatic heterocycles. The largest absolute Gasteiger partial charge is 0.485 e. The molecule has 0 atom stereocenters. The molecule has 0 aliphatic heterocycles. The lowest BCUT2D eigenvalue weighted by molar-refractivity contribution is 0.0921. The molecule has 2 aromatic rings. The summed E-state index contributed by atoms with van der Waals surface area (Å²) in [6, 6.07) is 13.3. The summed E-state index contributed by atoms with van der Waals surface area (Å²) in [6.45, 7) is 6.46. The van der Waals surface area contributed by atoms with E-state index in [1.165, 1.54) is 11.1 Å². The number of ketones is 1. The minimum atomic E-state index is -0.0203. The average Bonchev–Trinajstić information content (AvgIpc) is 2.45. The molecule has 0 radical (unpaired) electrons. The van der Waals surface area contributed by atoms with Crippen LogP contribution in [0.5, 0.6) is 5.75 Å². The van der Waals surface area contributed by atoms with Gasteiger partial charge in [-0.3, -0.25) is 4.79 Å². The van der Waals surface area contributed by atoms with Gasteiger partial charge in [0, 0.05) is 10.0 Å². The number of Topliss-reactive ketones (excluding diaryl/α,β-unsaturated/α-hetero) is 1. The minimum Gasteiger partial charge on any atom is -0.485 e. The molecular weight excluding hydrogens is 328 g/mol. The zero-order valence-electron chi connectivity index (χ0n) is 12.5. The predicted molar refractivity (Wildman–Crippen MR) is 89.2 cm³/mol. The Bertz CT molecular complexity index is 630. The Balaban J connectivity index is 2.01. The van der Waals surface area contributed by atoms with E-state index < -0.39 is 0 Å². The van der Waals surface area contributed by atoms with Gasteiger partial charge < -0.3 is 4.74 Å². The third kappa shape index (κ3) is 4.18. The van der Waals surface area contributed by atoms with E-state index in [9.17, 15) is 4.79 Å². The Labute approximate surface area is 134 Å². The quantitative estimate of drug-likeness (QED) is 0.700. The molecule has 0 heterocycles. The van der Waals surface area contributed by atoms with Crippen LogP contribution in [0.15, 0.2) is 46.9 Å². The van der Waals surface area contributed by atoms with Gasteiger partial charge in [0.05, 0.1) is 0 Å². The van der Waals surface area contributed by atoms with Crippen LogP contribution >= 0.6 is 15.9 Å². The van der Waals surface area contributed by atoms with Crippen LogP contribution in [0.1, 0.15) is 41.3 Å². The number of ether oxygens (including phenoxy) is 1. The second kappa shape index (κ2) is 6.90. The molecule has 0 saturated heterocycles. The maximum absolute atomic E-state index is 12.0. The molecule has 0 aliphatic rings. The first kappa shape index (κ1) is 15.8. The molecule has 0 amide bonds. The Morgan fingerprint density at radius 1 is 1.14 bits per heavy atom. The number of halogens is 1. The number of hydrogen-bond acceptors (Lipinski definition) is 2. The van der Waals surface area contributed by atoms with Crippen LogP contribution in [-0.4, -0.2) is 12.4 Å². The first-order valence-electron chi connectivity index (χ1n) is 6.99. The van der Waals surface area contributed by atoms with Crippen LogP contribution in [0.4, 0.5) is 0 Å². The molecule has 0 unspecified atom stereocenters. The van der Waals surface area contributed by atoms with E-state index in [1.54, 1.807) is 12.1 Å². The third-order valence-electron chi connectivity index (χ3n) is 3.40. The molecule has 0 saturated carbocycles. The molecule has 2 rings (SSSR count). The van der Waals surface area contributed by atoms with Gasteiger partial charge in [0.1, 0.15) is 5.75 Å². The molecule has 0 bridgehead atoms. The second-order valence-electron chi connectivity index (χ2n) is 5.39. The molecule has 110 valence electrons. The summed E-state index contributed by atoms with van der Waals surface area (Å²) in [5.74, 6) is 1.21. The Hall–Kier alpha value is -1.61. The molecule has 2 aromatic carbocycles. The SMILES string of the molecule is Cc1cc(OCC(=O)c2ccc(Br)cc2)ccc1C(C)C. The lowest BCUT2D eigenvalue weighted by Crippen LogP contribution is -2.11. The Kier molecular flexibility index (Phi) is 5.18. The molecule has 3 heteroatoms. The summed E-state index contributed by atoms with van der Waals surface area (Å²) in [5.41, 5.74) is 3.16. The third-order valence-corrected chi connectivity index (χ3v) is 3.93. The molecule has 0 fully saturated rings. The number of carbonyl (C=O) groups is 1. The van der Waals surface area contributed by atoms with E-state index in [4.69, 9.17) is 4.74 Å². The fraction of sp³-hybridized carbons (Fsp3) is 0.278. The van der Waals surface area contributed by atoms with Crippen LogP contribution in [0.3, 0.4) is 0 Å². The summed E-state index contributed by atoms with van der Waals surface area (Å²) >= 11 is 3.35. The first-order valence-corrected chi connectivity index (χ1v) is 7.79. The van der Waals surface area contributed by atoms with Gasteiger partial charge in [0.2, 0.25) is 0 Å². The van der Waals surface area contributed by atoms with Gasteiger partial charge >= 0.3 is 0 Å². The highest BCUT2D eigenvalue weighted by molar-refractivity contribution is 9.10. The standard InChI is InChI=1S/C18H19BrO2/c1-12(2)17-9-8-16(10-13(17)3)21-11-18(20)14-4-6-15(19)7-5-14/h4-10,12H,11H2,1-3H3. The van der Waals surface area contributed by atoms with Crippen molar-refractivity contribution in [3.05, 3.63) is 63.6 Å². The van der Waals surface area contributed by atoms with Crippen LogP contribution in [0.2, 0.25) is 0 Å². The average molecular weight is 347 g/mol. The van der Waals surface area contributed by atoms with Crippen molar-refractivity contribution in [3.8, 4) is 5.75 Å². The first-order chi connectivity index (χ1) is 9.97. The predicted octanol–water partition coefficient (Wildman–Crippen LogP) is 5.14. The van der Waals surface area contributed by atoms with Crippen molar-refractivity contribution in [2.45, 2.75) is 26.7 Å². The van der Waals surface area contributed by atoms with E-state index >= 15 is 0 Å². The molecular formula is C18H19BrO2. The van der Waals surface area contributed by atoms with Gasteiger partial charge in [-0.05, 0) is 48.2 Å². The maximum atomic E-state index is 12.0. The maximum Gasteiger partial charge on any atom is 0.200 e. The molecule has 0 spiro atoms. The number of rotatable bonds is 5. The summed E-state index contributed by atoms with van der Waals surface area (Å²) in [5, 5.41) is 0. The van der Waals surface area contributed by atoms with Crippen molar-refractivity contribution < 1.29 is 9.53 Å². The second-order valence-corrected chi connectivity index (χ2v) is 6.31. The van der Waals surface area contributed by atoms with E-state index in [0.717, 1.165) is 10.2 Å². The fourth-order valence-electron chi connectivity index (χ4n) is 2.25. The van der Waals surface area contributed by atoms with Crippen molar-refractivity contribution in [2.75, 3.05) is 6.61 Å². The molecule has 0 N–H and O–H groups in total. The molecule has 21 heavy (non-hydrogen) atoms. The highest BCUT2D eigenvalue weighted by Crippen LogP contribution is 2.23. The number of carbonyl (C=O) groups excluding carboxylic acids is 1. The fourth-order valence-corrected chi connectivity index (χ4v) is 2.52. The minimum absolute atomic E-state index is 0.0203. The van der Waals surface area contributed by atoms with E-state index in [1.807, 2.05) is 24.3 Å². The van der Waals surface area contributed by atoms with E-state index in [0.29, 0.717) is 11.5 Å². The zero-order chi connectivity index (χ0) is 15.4. The summed E-state index contributed by atoms with van der Waals surface area (Å²) in [6.07, 6.45) is 0. The van der Waals surface area contributed by atoms with Gasteiger partial charge in [-0.25, -0.2) is 0 Å². The van der Waals surface area contributed by atoms with E-state index in [-0.39, 0.29) is 12.4 Å². The highest BCUT2D eigenvalue weighted by Gasteiger charge is 2.08. The van der Waals surface area contributed by atoms with Crippen molar-refractivity contribution in [2.24, 2.45) is 0 Å². The van der Waals surface area contributed by atoms with Gasteiger partial charge in [-0.2, -0.15) is 0 Å². The Morgan fingerprint density at radius 2 is 1.81 bits per heavy atom. The molecule has 2 nitrogen and oxygen atoms in total. The zero-order valence-corrected chi connectivity index (χ0v) is 14.1. The highest BCUT2D eigenvalue weighted by atomic mass is 79.9. The number of aryl methyl sites for hydroxylation is 1. The van der Waals surface area contributed by atoms with Crippen LogP contribution in [0.25, 0.3) is 0 Å². The summed E-state index contributed by atoms with van der Waals surface area (Å²) in [7, 11) is 0. The number of benzene rings is 2. The summed E-state index contributed by atoms with van der Waals surface area (Å²) < 4.78 is 6.56. The van der Waals surface area contributed by atoms with Crippen molar-refractivity contribution in [1.82, 2.24) is 0 Å². The summed E-state index contributed by atoms with van der Waals surface area (Å²) in [4.78, 5) is 12.0. The van der Waals surface area contributed by atoms with Crippen molar-refractivity contribution >= 4 is 21.7 Å². The monoisotopic (exact) mass is 346 g/mol. The smallest absolute Gasteiger partial charge is 0.200 e. The number of hydrogen-bond donors (Lipinski definition) is 0. The Morgan fingerprint density at radius 3 is 2.38 bits per heavy atom. The molecule has 0 aliphatic carbocycles. The van der Waals surface area contributed by atoms with Gasteiger partial charge in [-0.1, -0.05) is 48.0 Å². The van der Waals surface area contributed by atoms with Crippen molar-refractivity contribution in [1.29, 1.82) is 0 Å². The van der Waals surface area contributed by atoms with Gasteiger partial charge in [0.25, 0.3) is 0 Å². The normalized spacial score (nSPS) is 10.7. The van der Waals surface area contributed by atoms with Crippen LogP contribution in [-0.2, 0) is 0 Å². The van der Waals surface area contributed by atoms with Crippen LogP contribution < -0.4 is 4.74 Å². The van der Waals surface area contributed by atoms with Gasteiger partial charge in [0.15, 0.2) is 12.4 Å².